The van der Waals surface area contributed by atoms with Crippen molar-refractivity contribution in [3.05, 3.63) is 23.8 Å². The highest BCUT2D eigenvalue weighted by Gasteiger charge is 2.41. The van der Waals surface area contributed by atoms with Gasteiger partial charge in [0.25, 0.3) is 0 Å². The van der Waals surface area contributed by atoms with Crippen LogP contribution >= 0.6 is 0 Å². The number of carbonyl (C=O) groups excluding carboxylic acids is 3. The normalized spacial score (nSPS) is 27.6. The van der Waals surface area contributed by atoms with Gasteiger partial charge in [0, 0.05) is 25.0 Å². The van der Waals surface area contributed by atoms with Crippen molar-refractivity contribution < 1.29 is 44.3 Å². The maximum Gasteiger partial charge on any atom is 0.330 e. The molecule has 0 spiro atoms. The van der Waals surface area contributed by atoms with Crippen LogP contribution in [0.1, 0.15) is 78.6 Å². The van der Waals surface area contributed by atoms with Gasteiger partial charge in [-0.1, -0.05) is 38.3 Å². The van der Waals surface area contributed by atoms with Crippen LogP contribution in [0.2, 0.25) is 0 Å². The Labute approximate surface area is 243 Å². The second-order valence-electron chi connectivity index (χ2n) is 11.4. The van der Waals surface area contributed by atoms with Gasteiger partial charge in [-0.05, 0) is 57.4 Å². The Kier molecular flexibility index (Phi) is 15.6. The highest BCUT2D eigenvalue weighted by Crippen LogP contribution is 2.27. The predicted molar refractivity (Wildman–Crippen MR) is 152 cm³/mol. The molecule has 2 aliphatic heterocycles. The van der Waals surface area contributed by atoms with Crippen LogP contribution < -0.4 is 10.6 Å². The maximum absolute atomic E-state index is 12.2. The fourth-order valence-corrected chi connectivity index (χ4v) is 4.86. The second kappa shape index (κ2) is 18.3. The highest BCUT2D eigenvalue weighted by atomic mass is 16.5. The third kappa shape index (κ3) is 12.2. The lowest BCUT2D eigenvalue weighted by molar-refractivity contribution is -0.187. The number of esters is 1. The second-order valence-corrected chi connectivity index (χ2v) is 11.4. The summed E-state index contributed by atoms with van der Waals surface area (Å²) < 4.78 is 10.9. The number of nitrogens with one attached hydrogen (secondary N) is 2. The quantitative estimate of drug-likeness (QED) is 0.0678. The molecule has 11 heteroatoms. The average molecular weight is 583 g/mol. The smallest absolute Gasteiger partial charge is 0.330 e. The van der Waals surface area contributed by atoms with Crippen LogP contribution in [0, 0.1) is 11.8 Å². The molecule has 8 atom stereocenters. The van der Waals surface area contributed by atoms with Crippen molar-refractivity contribution in [1.82, 2.24) is 10.6 Å². The van der Waals surface area contributed by atoms with Crippen molar-refractivity contribution in [3.8, 4) is 0 Å². The first-order valence-corrected chi connectivity index (χ1v) is 14.9. The van der Waals surface area contributed by atoms with Crippen LogP contribution in [0.3, 0.4) is 0 Å². The Balaban J connectivity index is 1.61. The molecule has 2 fully saturated rings. The number of piperidine rings is 1. The number of hydrogen-bond acceptors (Lipinski definition) is 9. The van der Waals surface area contributed by atoms with Gasteiger partial charge in [-0.25, -0.2) is 4.79 Å². The molecule has 0 aromatic heterocycles. The Morgan fingerprint density at radius 1 is 1.12 bits per heavy atom. The van der Waals surface area contributed by atoms with Crippen LogP contribution in [0.5, 0.6) is 0 Å². The number of unbranched alkanes of at least 4 members (excludes halogenated alkanes) is 4. The summed E-state index contributed by atoms with van der Waals surface area (Å²) in [6, 6.07) is -0.423. The molecule has 234 valence electrons. The van der Waals surface area contributed by atoms with E-state index in [-0.39, 0.29) is 42.4 Å². The Hall–Kier alpha value is -2.31. The van der Waals surface area contributed by atoms with Gasteiger partial charge in [-0.15, -0.1) is 0 Å². The van der Waals surface area contributed by atoms with Gasteiger partial charge in [0.1, 0.15) is 24.4 Å². The largest absolute Gasteiger partial charge is 0.463 e. The number of hydrogen-bond donors (Lipinski definition) is 6. The van der Waals surface area contributed by atoms with Crippen LogP contribution in [-0.2, 0) is 23.9 Å². The molecule has 2 amide bonds. The zero-order valence-electron chi connectivity index (χ0n) is 24.7. The summed E-state index contributed by atoms with van der Waals surface area (Å²) in [5, 5.41) is 46.9. The molecule has 2 aliphatic rings. The van der Waals surface area contributed by atoms with E-state index < -0.39 is 42.5 Å². The standard InChI is InChI=1S/C30H50N2O9/c1-19(21(3)33)11-9-12-22-18-41-29(28(38)27(22)37)26(36)20(2)17-25(35)40-16-8-6-4-5-7-14-24(34)32-23-13-10-15-31-30(23)39/h9,11,17,19,21-23,26-29,33,36-38H,4-8,10,12-16,18H2,1-3H3,(H,31,39)(H,32,34)/b11-9+,20-17+/t19-,21+,22+,23?,26-,27-,28-,29+/m1/s1. The summed E-state index contributed by atoms with van der Waals surface area (Å²) in [6.45, 7) is 6.13. The van der Waals surface area contributed by atoms with Gasteiger partial charge < -0.3 is 40.5 Å². The molecule has 41 heavy (non-hydrogen) atoms. The molecule has 0 aliphatic carbocycles. The lowest BCUT2D eigenvalue weighted by atomic mass is 9.86. The first-order chi connectivity index (χ1) is 19.5. The van der Waals surface area contributed by atoms with Gasteiger partial charge in [0.15, 0.2) is 0 Å². The SMILES string of the molecule is C/C(=C\C(=O)OCCCCCCCC(=O)NC1CCCNC1=O)[C@@H](O)[C@@H]1OC[C@H](C/C=C/[C@@H](C)[C@H](C)O)[C@@H](O)[C@H]1O. The zero-order valence-corrected chi connectivity index (χ0v) is 24.7. The summed E-state index contributed by atoms with van der Waals surface area (Å²) in [5.74, 6) is -1.23. The maximum atomic E-state index is 12.2. The molecule has 0 aromatic carbocycles. The molecule has 2 rings (SSSR count). The Morgan fingerprint density at radius 2 is 1.83 bits per heavy atom. The van der Waals surface area contributed by atoms with Crippen LogP contribution in [0.25, 0.3) is 0 Å². The van der Waals surface area contributed by atoms with Gasteiger partial charge in [-0.2, -0.15) is 0 Å². The molecule has 0 aromatic rings. The zero-order chi connectivity index (χ0) is 30.4. The first kappa shape index (κ1) is 34.9. The topological polar surface area (TPSA) is 175 Å². The average Bonchev–Trinajstić information content (AvgIpc) is 2.93. The number of aliphatic hydroxyl groups excluding tert-OH is 4. The minimum Gasteiger partial charge on any atom is -0.463 e. The number of ether oxygens (including phenoxy) is 2. The Bertz CT molecular complexity index is 891. The van der Waals surface area contributed by atoms with Gasteiger partial charge in [0.2, 0.25) is 11.8 Å². The van der Waals surface area contributed by atoms with E-state index in [1.807, 2.05) is 19.1 Å². The molecule has 2 saturated heterocycles. The molecular weight excluding hydrogens is 532 g/mol. The van der Waals surface area contributed by atoms with E-state index in [0.717, 1.165) is 32.1 Å². The number of carbonyl (C=O) groups is 3. The fourth-order valence-electron chi connectivity index (χ4n) is 4.86. The highest BCUT2D eigenvalue weighted by molar-refractivity contribution is 5.88. The van der Waals surface area contributed by atoms with Crippen molar-refractivity contribution in [1.29, 1.82) is 0 Å². The molecule has 0 radical (unpaired) electrons. The number of rotatable bonds is 16. The van der Waals surface area contributed by atoms with Crippen LogP contribution in [-0.4, -0.2) is 94.5 Å². The van der Waals surface area contributed by atoms with E-state index in [1.54, 1.807) is 6.92 Å². The van der Waals surface area contributed by atoms with Crippen molar-refractivity contribution in [2.24, 2.45) is 11.8 Å². The molecule has 2 heterocycles. The van der Waals surface area contributed by atoms with Crippen LogP contribution in [0.15, 0.2) is 23.8 Å². The molecular formula is C30H50N2O9. The summed E-state index contributed by atoms with van der Waals surface area (Å²) in [5.41, 5.74) is 0.263. The number of amides is 2. The van der Waals surface area contributed by atoms with Gasteiger partial charge in [-0.3, -0.25) is 9.59 Å². The lowest BCUT2D eigenvalue weighted by Gasteiger charge is -2.39. The molecule has 0 bridgehead atoms. The minimum absolute atomic E-state index is 0.0352. The van der Waals surface area contributed by atoms with E-state index in [9.17, 15) is 34.8 Å². The number of allylic oxidation sites excluding steroid dienone is 1. The monoisotopic (exact) mass is 582 g/mol. The first-order valence-electron chi connectivity index (χ1n) is 14.9. The lowest BCUT2D eigenvalue weighted by Crippen LogP contribution is -2.54. The van der Waals surface area contributed by atoms with Crippen molar-refractivity contribution >= 4 is 17.8 Å². The fraction of sp³-hybridized carbons (Fsp3) is 0.767. The third-order valence-electron chi connectivity index (χ3n) is 7.85. The van der Waals surface area contributed by atoms with Crippen molar-refractivity contribution in [2.45, 2.75) is 115 Å². The van der Waals surface area contributed by atoms with E-state index in [1.165, 1.54) is 13.0 Å². The molecule has 6 N–H and O–H groups in total. The van der Waals surface area contributed by atoms with Crippen molar-refractivity contribution in [3.63, 3.8) is 0 Å². The summed E-state index contributed by atoms with van der Waals surface area (Å²) >= 11 is 0. The van der Waals surface area contributed by atoms with Crippen molar-refractivity contribution in [2.75, 3.05) is 19.8 Å². The summed E-state index contributed by atoms with van der Waals surface area (Å²) in [7, 11) is 0. The summed E-state index contributed by atoms with van der Waals surface area (Å²) in [6.07, 6.45) is 5.92. The molecule has 1 unspecified atom stereocenters. The third-order valence-corrected chi connectivity index (χ3v) is 7.85. The van der Waals surface area contributed by atoms with E-state index >= 15 is 0 Å². The summed E-state index contributed by atoms with van der Waals surface area (Å²) in [4.78, 5) is 35.9. The predicted octanol–water partition coefficient (Wildman–Crippen LogP) is 1.27. The Morgan fingerprint density at radius 3 is 2.54 bits per heavy atom. The number of aliphatic hydroxyl groups is 4. The van der Waals surface area contributed by atoms with Gasteiger partial charge in [0.05, 0.1) is 25.4 Å². The van der Waals surface area contributed by atoms with Gasteiger partial charge >= 0.3 is 5.97 Å². The van der Waals surface area contributed by atoms with E-state index in [4.69, 9.17) is 9.47 Å². The molecule has 0 saturated carbocycles. The minimum atomic E-state index is -1.33. The van der Waals surface area contributed by atoms with Crippen LogP contribution in [0.4, 0.5) is 0 Å². The molecule has 11 nitrogen and oxygen atoms in total. The van der Waals surface area contributed by atoms with E-state index in [0.29, 0.717) is 32.2 Å². The van der Waals surface area contributed by atoms with E-state index in [2.05, 4.69) is 10.6 Å².